The standard InChI is InChI=1S/2C5H10O2.C3H7O.Al/c2*1-2-3-4-5(6)7;1-3(2)4;/h2*2-4H2,1H3,(H,6,7);3H,1-2H3;/q;;-1;+3/p-2. The summed E-state index contributed by atoms with van der Waals surface area (Å²) in [5, 5.41) is 0. The summed E-state index contributed by atoms with van der Waals surface area (Å²) in [5.41, 5.74) is 0. The quantitative estimate of drug-likeness (QED) is 0.578. The van der Waals surface area contributed by atoms with Gasteiger partial charge in [0.05, 0.1) is 0 Å². The highest BCUT2D eigenvalue weighted by Crippen LogP contribution is 2.05. The van der Waals surface area contributed by atoms with Crippen molar-refractivity contribution in [3.05, 3.63) is 0 Å². The van der Waals surface area contributed by atoms with Crippen molar-refractivity contribution >= 4 is 27.1 Å². The van der Waals surface area contributed by atoms with Crippen LogP contribution in [0.25, 0.3) is 0 Å². The highest BCUT2D eigenvalue weighted by atomic mass is 27.3. The van der Waals surface area contributed by atoms with E-state index in [9.17, 15) is 9.59 Å². The maximum atomic E-state index is 11.5. The number of hydrogen-bond donors (Lipinski definition) is 0. The zero-order valence-electron chi connectivity index (χ0n) is 12.4. The van der Waals surface area contributed by atoms with Crippen molar-refractivity contribution in [3.8, 4) is 0 Å². The van der Waals surface area contributed by atoms with Gasteiger partial charge < -0.3 is 11.4 Å². The van der Waals surface area contributed by atoms with E-state index in [1.165, 1.54) is 0 Å². The first-order valence-corrected chi connectivity index (χ1v) is 8.45. The van der Waals surface area contributed by atoms with Crippen molar-refractivity contribution in [1.29, 1.82) is 0 Å². The van der Waals surface area contributed by atoms with Crippen LogP contribution in [0.5, 0.6) is 0 Å². The summed E-state index contributed by atoms with van der Waals surface area (Å²) < 4.78 is 15.7. The Morgan fingerprint density at radius 2 is 1.37 bits per heavy atom. The van der Waals surface area contributed by atoms with Gasteiger partial charge in [-0.05, 0) is 26.7 Å². The molecule has 0 aliphatic rings. The van der Waals surface area contributed by atoms with E-state index >= 15 is 0 Å². The molecule has 0 fully saturated rings. The van der Waals surface area contributed by atoms with Crippen LogP contribution in [0.4, 0.5) is 0 Å². The molecule has 110 valence electrons. The fourth-order valence-electron chi connectivity index (χ4n) is 1.28. The first kappa shape index (κ1) is 18.4. The second-order valence-corrected chi connectivity index (χ2v) is 5.98. The fraction of sp³-hybridized carbons (Fsp3) is 0.846. The van der Waals surface area contributed by atoms with Gasteiger partial charge in [0.25, 0.3) is 11.9 Å². The molecule has 0 saturated heterocycles. The van der Waals surface area contributed by atoms with Gasteiger partial charge in [0.15, 0.2) is 0 Å². The second-order valence-electron chi connectivity index (χ2n) is 4.66. The van der Waals surface area contributed by atoms with Crippen LogP contribution in [0, 0.1) is 0 Å². The Kier molecular flexibility index (Phi) is 10.9. The number of unbranched alkanes of at least 4 members (excludes halogenated alkanes) is 2. The number of hydrogen-bond acceptors (Lipinski definition) is 5. The Balaban J connectivity index is 4.21. The van der Waals surface area contributed by atoms with Gasteiger partial charge in [0.1, 0.15) is 0 Å². The lowest BCUT2D eigenvalue weighted by molar-refractivity contribution is -0.144. The van der Waals surface area contributed by atoms with E-state index in [0.29, 0.717) is 12.8 Å². The Morgan fingerprint density at radius 1 is 0.947 bits per heavy atom. The van der Waals surface area contributed by atoms with Crippen molar-refractivity contribution < 1.29 is 21.0 Å². The molecular weight excluding hydrogens is 263 g/mol. The third kappa shape index (κ3) is 11.0. The first-order chi connectivity index (χ1) is 8.99. The minimum atomic E-state index is -2.69. The molecule has 6 heteroatoms. The van der Waals surface area contributed by atoms with Gasteiger partial charge in [0.2, 0.25) is 0 Å². The summed E-state index contributed by atoms with van der Waals surface area (Å²) in [7, 11) is 0. The second kappa shape index (κ2) is 11.3. The predicted molar refractivity (Wildman–Crippen MR) is 73.2 cm³/mol. The molecule has 0 aromatic rings. The molecule has 0 aromatic carbocycles. The summed E-state index contributed by atoms with van der Waals surface area (Å²) in [4.78, 5) is 23.1. The van der Waals surface area contributed by atoms with Gasteiger partial charge >= 0.3 is 15.1 Å². The van der Waals surface area contributed by atoms with Gasteiger partial charge in [-0.2, -0.15) is 0 Å². The van der Waals surface area contributed by atoms with Crippen molar-refractivity contribution in [2.75, 3.05) is 0 Å². The van der Waals surface area contributed by atoms with E-state index in [1.54, 1.807) is 0 Å². The molecule has 5 nitrogen and oxygen atoms in total. The van der Waals surface area contributed by atoms with Gasteiger partial charge in [-0.1, -0.05) is 26.7 Å². The highest BCUT2D eigenvalue weighted by molar-refractivity contribution is 6.41. The molecule has 0 unspecified atom stereocenters. The molecule has 0 aromatic heterocycles. The van der Waals surface area contributed by atoms with Crippen LogP contribution in [-0.4, -0.2) is 33.2 Å². The molecule has 0 radical (unpaired) electrons. The van der Waals surface area contributed by atoms with Crippen LogP contribution >= 0.6 is 0 Å². The Hall–Kier alpha value is -0.568. The van der Waals surface area contributed by atoms with Crippen LogP contribution in [0.2, 0.25) is 0 Å². The molecule has 0 amide bonds. The normalized spacial score (nSPS) is 10.4. The van der Waals surface area contributed by atoms with Crippen molar-refractivity contribution in [3.63, 3.8) is 0 Å². The molecule has 0 saturated carbocycles. The average Bonchev–Trinajstić information content (AvgIpc) is 2.32. The van der Waals surface area contributed by atoms with Gasteiger partial charge in [0, 0.05) is 18.9 Å². The maximum absolute atomic E-state index is 11.5. The molecule has 19 heavy (non-hydrogen) atoms. The molecule has 0 bridgehead atoms. The molecule has 0 rings (SSSR count). The molecule has 0 N–H and O–H groups in total. The third-order valence-electron chi connectivity index (χ3n) is 2.31. The predicted octanol–water partition coefficient (Wildman–Crippen LogP) is 2.86. The van der Waals surface area contributed by atoms with E-state index in [0.717, 1.165) is 25.7 Å². The molecule has 0 heterocycles. The SMILES string of the molecule is CCCCC(=O)[O][Al]([O]C(=O)CCCC)[O]C(C)C. The first-order valence-electron chi connectivity index (χ1n) is 7.04. The maximum Gasteiger partial charge on any atom is 1.10 e. The van der Waals surface area contributed by atoms with Crippen molar-refractivity contribution in [2.24, 2.45) is 0 Å². The number of carbonyl (C=O) groups excluding carboxylic acids is 2. The fourth-order valence-corrected chi connectivity index (χ4v) is 2.55. The van der Waals surface area contributed by atoms with E-state index in [4.69, 9.17) is 11.4 Å². The summed E-state index contributed by atoms with van der Waals surface area (Å²) in [6.07, 6.45) is 3.93. The van der Waals surface area contributed by atoms with Crippen LogP contribution in [-0.2, 0) is 21.0 Å². The van der Waals surface area contributed by atoms with Crippen molar-refractivity contribution in [1.82, 2.24) is 0 Å². The Morgan fingerprint density at radius 3 is 1.68 bits per heavy atom. The van der Waals surface area contributed by atoms with E-state index in [-0.39, 0.29) is 18.0 Å². The van der Waals surface area contributed by atoms with Crippen LogP contribution < -0.4 is 0 Å². The molecule has 0 atom stereocenters. The number of rotatable bonds is 10. The average molecular weight is 288 g/mol. The van der Waals surface area contributed by atoms with Crippen LogP contribution in [0.1, 0.15) is 66.2 Å². The van der Waals surface area contributed by atoms with Crippen molar-refractivity contribution in [2.45, 2.75) is 72.3 Å². The smallest absolute Gasteiger partial charge is 0.562 e. The van der Waals surface area contributed by atoms with Crippen LogP contribution in [0.15, 0.2) is 0 Å². The summed E-state index contributed by atoms with van der Waals surface area (Å²) in [6.45, 7) is 7.63. The lowest BCUT2D eigenvalue weighted by atomic mass is 10.3. The topological polar surface area (TPSA) is 61.8 Å². The van der Waals surface area contributed by atoms with Crippen LogP contribution in [0.3, 0.4) is 0 Å². The van der Waals surface area contributed by atoms with Gasteiger partial charge in [-0.15, -0.1) is 0 Å². The van der Waals surface area contributed by atoms with E-state index in [1.807, 2.05) is 27.7 Å². The molecular formula is C13H25AlO5. The molecule has 0 aliphatic carbocycles. The minimum absolute atomic E-state index is 0.130. The lowest BCUT2D eigenvalue weighted by Gasteiger charge is -2.15. The molecule has 0 spiro atoms. The monoisotopic (exact) mass is 288 g/mol. The Labute approximate surface area is 121 Å². The zero-order valence-corrected chi connectivity index (χ0v) is 13.6. The van der Waals surface area contributed by atoms with E-state index < -0.39 is 15.1 Å². The van der Waals surface area contributed by atoms with E-state index in [2.05, 4.69) is 0 Å². The minimum Gasteiger partial charge on any atom is -0.562 e. The Bertz CT molecular complexity index is 246. The van der Waals surface area contributed by atoms with Gasteiger partial charge in [-0.3, -0.25) is 9.59 Å². The summed E-state index contributed by atoms with van der Waals surface area (Å²) in [5.74, 6) is -0.690. The highest BCUT2D eigenvalue weighted by Gasteiger charge is 2.43. The third-order valence-corrected chi connectivity index (χ3v) is 3.98. The largest absolute Gasteiger partial charge is 1.10 e. The molecule has 0 aliphatic heterocycles. The lowest BCUT2D eigenvalue weighted by Crippen LogP contribution is -2.34. The summed E-state index contributed by atoms with van der Waals surface area (Å²) in [6, 6.07) is 0. The number of carbonyl (C=O) groups is 2. The van der Waals surface area contributed by atoms with Gasteiger partial charge in [-0.25, -0.2) is 0 Å². The summed E-state index contributed by atoms with van der Waals surface area (Å²) >= 11 is -2.69. The zero-order chi connectivity index (χ0) is 14.7.